The summed E-state index contributed by atoms with van der Waals surface area (Å²) in [6.45, 7) is 4.69. The van der Waals surface area contributed by atoms with E-state index in [0.29, 0.717) is 18.9 Å². The molecule has 0 bridgehead atoms. The predicted octanol–water partition coefficient (Wildman–Crippen LogP) is 5.36. The molecule has 1 N–H and O–H groups in total. The molecule has 0 spiro atoms. The summed E-state index contributed by atoms with van der Waals surface area (Å²) in [5, 5.41) is 1.24. The molecule has 0 fully saturated rings. The van der Waals surface area contributed by atoms with Crippen molar-refractivity contribution in [1.29, 1.82) is 0 Å². The molecule has 2 aromatic carbocycles. The van der Waals surface area contributed by atoms with Crippen LogP contribution in [-0.2, 0) is 22.6 Å². The molecule has 0 saturated heterocycles. The normalized spacial score (nSPS) is 11.2. The second-order valence-corrected chi connectivity index (χ2v) is 6.77. The predicted molar refractivity (Wildman–Crippen MR) is 102 cm³/mol. The Kier molecular flexibility index (Phi) is 5.54. The molecule has 3 rings (SSSR count). The molecule has 0 amide bonds. The standard InChI is InChI=1S/C22H25NO2/c1-16(2)18-12-10-17(11-13-18)15-25-22(24)9-5-6-19-14-23-21-8-4-3-7-20(19)21/h3-4,7-8,10-14,16,23H,5-6,9,15H2,1-2H3. The molecule has 130 valence electrons. The fourth-order valence-electron chi connectivity index (χ4n) is 3.00. The molecule has 3 nitrogen and oxygen atoms in total. The molecule has 0 radical (unpaired) electrons. The maximum atomic E-state index is 12.0. The Morgan fingerprint density at radius 1 is 1.08 bits per heavy atom. The van der Waals surface area contributed by atoms with Gasteiger partial charge in [-0.2, -0.15) is 0 Å². The molecule has 0 aliphatic carbocycles. The molecule has 1 heterocycles. The number of hydrogen-bond acceptors (Lipinski definition) is 2. The third-order valence-electron chi connectivity index (χ3n) is 4.55. The number of aromatic amines is 1. The fraction of sp³-hybridized carbons (Fsp3) is 0.318. The first-order chi connectivity index (χ1) is 12.1. The van der Waals surface area contributed by atoms with Crippen LogP contribution in [0.3, 0.4) is 0 Å². The van der Waals surface area contributed by atoms with Gasteiger partial charge in [0.25, 0.3) is 0 Å². The summed E-state index contributed by atoms with van der Waals surface area (Å²) in [5.41, 5.74) is 4.74. The number of aryl methyl sites for hydroxylation is 1. The summed E-state index contributed by atoms with van der Waals surface area (Å²) in [5.74, 6) is 0.383. The Bertz CT molecular complexity index is 831. The zero-order valence-electron chi connectivity index (χ0n) is 14.9. The summed E-state index contributed by atoms with van der Waals surface area (Å²) in [6, 6.07) is 16.5. The van der Waals surface area contributed by atoms with Crippen molar-refractivity contribution in [3.8, 4) is 0 Å². The van der Waals surface area contributed by atoms with Crippen LogP contribution in [-0.4, -0.2) is 11.0 Å². The summed E-state index contributed by atoms with van der Waals surface area (Å²) in [4.78, 5) is 15.2. The van der Waals surface area contributed by atoms with E-state index in [1.807, 2.05) is 30.5 Å². The second kappa shape index (κ2) is 8.02. The Balaban J connectivity index is 1.43. The number of para-hydroxylation sites is 1. The van der Waals surface area contributed by atoms with Crippen molar-refractivity contribution in [2.24, 2.45) is 0 Å². The van der Waals surface area contributed by atoms with E-state index in [-0.39, 0.29) is 5.97 Å². The second-order valence-electron chi connectivity index (χ2n) is 6.77. The Labute approximate surface area is 149 Å². The smallest absolute Gasteiger partial charge is 0.306 e. The average Bonchev–Trinajstić information content (AvgIpc) is 3.04. The first kappa shape index (κ1) is 17.3. The van der Waals surface area contributed by atoms with Crippen molar-refractivity contribution in [1.82, 2.24) is 4.98 Å². The maximum Gasteiger partial charge on any atom is 0.306 e. The SMILES string of the molecule is CC(C)c1ccc(COC(=O)CCCc2c[nH]c3ccccc23)cc1. The number of H-pyrrole nitrogens is 1. The van der Waals surface area contributed by atoms with Crippen LogP contribution in [0, 0.1) is 0 Å². The van der Waals surface area contributed by atoms with Crippen molar-refractivity contribution in [2.45, 2.75) is 45.6 Å². The van der Waals surface area contributed by atoms with Crippen molar-refractivity contribution in [3.63, 3.8) is 0 Å². The first-order valence-electron chi connectivity index (χ1n) is 8.93. The zero-order valence-corrected chi connectivity index (χ0v) is 14.9. The fourth-order valence-corrected chi connectivity index (χ4v) is 3.00. The van der Waals surface area contributed by atoms with E-state index < -0.39 is 0 Å². The number of carbonyl (C=O) groups excluding carboxylic acids is 1. The van der Waals surface area contributed by atoms with Gasteiger partial charge in [0.05, 0.1) is 0 Å². The molecule has 0 saturated carbocycles. The van der Waals surface area contributed by atoms with Crippen LogP contribution >= 0.6 is 0 Å². The number of benzene rings is 2. The van der Waals surface area contributed by atoms with Crippen LogP contribution in [0.1, 0.15) is 49.3 Å². The van der Waals surface area contributed by atoms with E-state index >= 15 is 0 Å². The molecular formula is C22H25NO2. The molecule has 0 atom stereocenters. The Hall–Kier alpha value is -2.55. The van der Waals surface area contributed by atoms with Crippen LogP contribution < -0.4 is 0 Å². The van der Waals surface area contributed by atoms with Gasteiger partial charge in [-0.1, -0.05) is 56.3 Å². The highest BCUT2D eigenvalue weighted by molar-refractivity contribution is 5.83. The third-order valence-corrected chi connectivity index (χ3v) is 4.55. The van der Waals surface area contributed by atoms with Crippen LogP contribution in [0.15, 0.2) is 54.7 Å². The zero-order chi connectivity index (χ0) is 17.6. The van der Waals surface area contributed by atoms with Gasteiger partial charge in [-0.05, 0) is 41.5 Å². The quantitative estimate of drug-likeness (QED) is 0.591. The minimum absolute atomic E-state index is 0.132. The van der Waals surface area contributed by atoms with Gasteiger partial charge in [0.15, 0.2) is 0 Å². The van der Waals surface area contributed by atoms with Crippen molar-refractivity contribution < 1.29 is 9.53 Å². The van der Waals surface area contributed by atoms with E-state index in [1.165, 1.54) is 16.5 Å². The molecule has 0 aliphatic rings. The maximum absolute atomic E-state index is 12.0. The number of esters is 1. The van der Waals surface area contributed by atoms with Gasteiger partial charge < -0.3 is 9.72 Å². The van der Waals surface area contributed by atoms with E-state index in [0.717, 1.165) is 23.9 Å². The lowest BCUT2D eigenvalue weighted by Gasteiger charge is -2.08. The summed E-state index contributed by atoms with van der Waals surface area (Å²) < 4.78 is 5.39. The molecule has 3 heteroatoms. The van der Waals surface area contributed by atoms with Crippen molar-refractivity contribution in [3.05, 3.63) is 71.4 Å². The average molecular weight is 335 g/mol. The van der Waals surface area contributed by atoms with Crippen LogP contribution in [0.5, 0.6) is 0 Å². The van der Waals surface area contributed by atoms with E-state index in [9.17, 15) is 4.79 Å². The molecule has 3 aromatic rings. The number of nitrogens with one attached hydrogen (secondary N) is 1. The lowest BCUT2D eigenvalue weighted by molar-refractivity contribution is -0.145. The summed E-state index contributed by atoms with van der Waals surface area (Å²) in [7, 11) is 0. The Morgan fingerprint density at radius 3 is 2.60 bits per heavy atom. The van der Waals surface area contributed by atoms with Gasteiger partial charge in [0, 0.05) is 23.5 Å². The van der Waals surface area contributed by atoms with Gasteiger partial charge >= 0.3 is 5.97 Å². The molecule has 0 unspecified atom stereocenters. The van der Waals surface area contributed by atoms with E-state index in [1.54, 1.807) is 0 Å². The number of hydrogen-bond donors (Lipinski definition) is 1. The van der Waals surface area contributed by atoms with Crippen LogP contribution in [0.4, 0.5) is 0 Å². The van der Waals surface area contributed by atoms with Gasteiger partial charge in [0.1, 0.15) is 6.61 Å². The molecular weight excluding hydrogens is 310 g/mol. The topological polar surface area (TPSA) is 42.1 Å². The van der Waals surface area contributed by atoms with Gasteiger partial charge in [-0.15, -0.1) is 0 Å². The minimum atomic E-state index is -0.132. The van der Waals surface area contributed by atoms with Gasteiger partial charge in [0.2, 0.25) is 0 Å². The lowest BCUT2D eigenvalue weighted by atomic mass is 10.0. The van der Waals surface area contributed by atoms with Gasteiger partial charge in [-0.3, -0.25) is 4.79 Å². The summed E-state index contributed by atoms with van der Waals surface area (Å²) >= 11 is 0. The minimum Gasteiger partial charge on any atom is -0.461 e. The van der Waals surface area contributed by atoms with Crippen molar-refractivity contribution in [2.75, 3.05) is 0 Å². The van der Waals surface area contributed by atoms with Crippen molar-refractivity contribution >= 4 is 16.9 Å². The number of fused-ring (bicyclic) bond motifs is 1. The number of rotatable bonds is 7. The van der Waals surface area contributed by atoms with Crippen LogP contribution in [0.25, 0.3) is 10.9 Å². The Morgan fingerprint density at radius 2 is 1.84 bits per heavy atom. The van der Waals surface area contributed by atoms with E-state index in [2.05, 4.69) is 43.1 Å². The molecule has 1 aromatic heterocycles. The van der Waals surface area contributed by atoms with Crippen LogP contribution in [0.2, 0.25) is 0 Å². The lowest BCUT2D eigenvalue weighted by Crippen LogP contribution is -2.05. The largest absolute Gasteiger partial charge is 0.461 e. The highest BCUT2D eigenvalue weighted by Crippen LogP contribution is 2.20. The molecule has 25 heavy (non-hydrogen) atoms. The number of ether oxygens (including phenoxy) is 1. The number of aromatic nitrogens is 1. The third kappa shape index (κ3) is 4.50. The summed E-state index contributed by atoms with van der Waals surface area (Å²) in [6.07, 6.45) is 4.16. The molecule has 0 aliphatic heterocycles. The number of carbonyl (C=O) groups is 1. The highest BCUT2D eigenvalue weighted by Gasteiger charge is 2.07. The monoisotopic (exact) mass is 335 g/mol. The van der Waals surface area contributed by atoms with E-state index in [4.69, 9.17) is 4.74 Å². The van der Waals surface area contributed by atoms with Gasteiger partial charge in [-0.25, -0.2) is 0 Å². The first-order valence-corrected chi connectivity index (χ1v) is 8.93. The highest BCUT2D eigenvalue weighted by atomic mass is 16.5.